The molecule has 0 rings (SSSR count). The summed E-state index contributed by atoms with van der Waals surface area (Å²) in [7, 11) is -8.29. The highest BCUT2D eigenvalue weighted by Crippen LogP contribution is 2.42. The first-order valence-electron chi connectivity index (χ1n) is 2.84. The average Bonchev–Trinajstić information content (AvgIpc) is 1.83. The van der Waals surface area contributed by atoms with E-state index in [-0.39, 0.29) is 0 Å². The largest absolute Gasteiger partial charge is 0.779 e. The molecule has 7 nitrogen and oxygen atoms in total. The van der Waals surface area contributed by atoms with Crippen LogP contribution < -0.4 is 15.5 Å². The SMILES string of the molecule is CP(=O)([O-])OCP(=O)([O-])OCN. The Bertz CT molecular complexity index is 223. The van der Waals surface area contributed by atoms with Crippen molar-refractivity contribution in [2.24, 2.45) is 5.73 Å². The third-order valence-electron chi connectivity index (χ3n) is 0.722. The third-order valence-corrected chi connectivity index (χ3v) is 2.51. The minimum atomic E-state index is -4.26. The van der Waals surface area contributed by atoms with E-state index in [4.69, 9.17) is 5.73 Å². The molecule has 0 fully saturated rings. The van der Waals surface area contributed by atoms with Crippen LogP contribution in [0.4, 0.5) is 0 Å². The Kier molecular flexibility index (Phi) is 4.58. The number of nitrogens with two attached hydrogens (primary N) is 1. The second kappa shape index (κ2) is 4.48. The molecule has 0 saturated heterocycles. The Morgan fingerprint density at radius 3 is 2.17 bits per heavy atom. The van der Waals surface area contributed by atoms with E-state index in [9.17, 15) is 18.9 Å². The third kappa shape index (κ3) is 6.94. The first-order chi connectivity index (χ1) is 5.27. The smallest absolute Gasteiger partial charge is 0.162 e. The lowest BCUT2D eigenvalue weighted by molar-refractivity contribution is -0.211. The molecule has 0 saturated carbocycles. The summed E-state index contributed by atoms with van der Waals surface area (Å²) < 4.78 is 29.0. The van der Waals surface area contributed by atoms with Gasteiger partial charge in [-0.25, -0.2) is 0 Å². The zero-order valence-electron chi connectivity index (χ0n) is 6.34. The van der Waals surface area contributed by atoms with E-state index < -0.39 is 28.3 Å². The van der Waals surface area contributed by atoms with Crippen LogP contribution in [0.1, 0.15) is 0 Å². The molecule has 0 spiro atoms. The van der Waals surface area contributed by atoms with Gasteiger partial charge in [0.1, 0.15) is 20.7 Å². The van der Waals surface area contributed by atoms with Crippen molar-refractivity contribution in [2.45, 2.75) is 0 Å². The number of hydrogen-bond donors (Lipinski definition) is 1. The molecule has 9 heteroatoms. The molecule has 0 radical (unpaired) electrons. The second-order valence-electron chi connectivity index (χ2n) is 1.94. The Morgan fingerprint density at radius 1 is 1.33 bits per heavy atom. The van der Waals surface area contributed by atoms with Crippen molar-refractivity contribution in [3.05, 3.63) is 0 Å². The predicted octanol–water partition coefficient (Wildman–Crippen LogP) is -1.37. The molecule has 0 aliphatic heterocycles. The quantitative estimate of drug-likeness (QED) is 0.444. The fraction of sp³-hybridized carbons (Fsp3) is 1.00. The molecule has 0 aliphatic carbocycles. The van der Waals surface area contributed by atoms with Crippen molar-refractivity contribution < 1.29 is 28.0 Å². The molecular formula is C3H9NO6P2-2. The van der Waals surface area contributed by atoms with E-state index in [1.807, 2.05) is 0 Å². The van der Waals surface area contributed by atoms with E-state index in [0.717, 1.165) is 6.66 Å². The van der Waals surface area contributed by atoms with Crippen LogP contribution in [0.25, 0.3) is 0 Å². The van der Waals surface area contributed by atoms with Crippen molar-refractivity contribution in [3.8, 4) is 0 Å². The van der Waals surface area contributed by atoms with E-state index in [2.05, 4.69) is 9.05 Å². The van der Waals surface area contributed by atoms with Crippen molar-refractivity contribution in [1.29, 1.82) is 0 Å². The Hall–Kier alpha value is 0.260. The molecule has 2 N–H and O–H groups in total. The van der Waals surface area contributed by atoms with Crippen LogP contribution >= 0.6 is 15.2 Å². The molecule has 0 aromatic carbocycles. The fourth-order valence-electron chi connectivity index (χ4n) is 0.326. The molecule has 0 aliphatic rings. The first kappa shape index (κ1) is 12.3. The summed E-state index contributed by atoms with van der Waals surface area (Å²) in [5, 5.41) is 0. The maximum absolute atomic E-state index is 10.6. The van der Waals surface area contributed by atoms with Crippen LogP contribution in [0.3, 0.4) is 0 Å². The molecule has 2 atom stereocenters. The Balaban J connectivity index is 3.93. The topological polar surface area (TPSA) is 125 Å². The van der Waals surface area contributed by atoms with Gasteiger partial charge >= 0.3 is 0 Å². The van der Waals surface area contributed by atoms with E-state index in [1.54, 1.807) is 0 Å². The van der Waals surface area contributed by atoms with Gasteiger partial charge in [-0.3, -0.25) is 0 Å². The maximum Gasteiger partial charge on any atom is 0.162 e. The summed E-state index contributed by atoms with van der Waals surface area (Å²) in [4.78, 5) is 21.0. The van der Waals surface area contributed by atoms with Gasteiger partial charge in [-0.2, -0.15) is 0 Å². The van der Waals surface area contributed by atoms with Gasteiger partial charge in [-0.15, -0.1) is 0 Å². The molecule has 12 heavy (non-hydrogen) atoms. The van der Waals surface area contributed by atoms with Gasteiger partial charge in [-0.1, -0.05) is 0 Å². The highest BCUT2D eigenvalue weighted by atomic mass is 31.2. The minimum absolute atomic E-state index is 0.531. The Morgan fingerprint density at radius 2 is 1.83 bits per heavy atom. The average molecular weight is 217 g/mol. The lowest BCUT2D eigenvalue weighted by Gasteiger charge is -2.25. The molecular weight excluding hydrogens is 208 g/mol. The summed E-state index contributed by atoms with van der Waals surface area (Å²) >= 11 is 0. The highest BCUT2D eigenvalue weighted by molar-refractivity contribution is 7.54. The van der Waals surface area contributed by atoms with Crippen LogP contribution in [0.5, 0.6) is 0 Å². The Labute approximate surface area is 69.6 Å². The van der Waals surface area contributed by atoms with Crippen LogP contribution in [-0.4, -0.2) is 19.7 Å². The molecule has 0 amide bonds. The van der Waals surface area contributed by atoms with E-state index in [1.165, 1.54) is 0 Å². The zero-order valence-corrected chi connectivity index (χ0v) is 8.12. The maximum atomic E-state index is 10.6. The van der Waals surface area contributed by atoms with E-state index in [0.29, 0.717) is 0 Å². The molecule has 0 aromatic rings. The van der Waals surface area contributed by atoms with Crippen molar-refractivity contribution >= 4 is 15.2 Å². The van der Waals surface area contributed by atoms with Crippen LogP contribution in [0.15, 0.2) is 0 Å². The minimum Gasteiger partial charge on any atom is -0.779 e. The molecule has 2 unspecified atom stereocenters. The summed E-state index contributed by atoms with van der Waals surface area (Å²) in [6.07, 6.45) is -1.01. The van der Waals surface area contributed by atoms with Crippen LogP contribution in [0.2, 0.25) is 0 Å². The summed E-state index contributed by atoms with van der Waals surface area (Å²) in [6.45, 7) is 0.229. The van der Waals surface area contributed by atoms with Gasteiger partial charge in [0.25, 0.3) is 0 Å². The van der Waals surface area contributed by atoms with Gasteiger partial charge in [0.05, 0.1) is 0 Å². The van der Waals surface area contributed by atoms with E-state index >= 15 is 0 Å². The summed E-state index contributed by atoms with van der Waals surface area (Å²) in [5.41, 5.74) is 4.76. The van der Waals surface area contributed by atoms with Crippen LogP contribution in [-0.2, 0) is 18.2 Å². The van der Waals surface area contributed by atoms with Gasteiger partial charge in [0.2, 0.25) is 0 Å². The zero-order chi connectivity index (χ0) is 9.83. The van der Waals surface area contributed by atoms with Crippen molar-refractivity contribution in [2.75, 3.05) is 19.7 Å². The number of hydrogen-bond acceptors (Lipinski definition) is 7. The predicted molar refractivity (Wildman–Crippen MR) is 37.2 cm³/mol. The molecule has 74 valence electrons. The molecule has 0 heterocycles. The number of rotatable bonds is 5. The van der Waals surface area contributed by atoms with Gasteiger partial charge in [-0.05, 0) is 0 Å². The lowest BCUT2D eigenvalue weighted by Crippen LogP contribution is -2.15. The summed E-state index contributed by atoms with van der Waals surface area (Å²) in [6, 6.07) is 0. The summed E-state index contributed by atoms with van der Waals surface area (Å²) in [5.74, 6) is 0. The fourth-order valence-corrected chi connectivity index (χ4v) is 2.03. The monoisotopic (exact) mass is 217 g/mol. The van der Waals surface area contributed by atoms with Gasteiger partial charge in [0.15, 0.2) is 7.60 Å². The standard InChI is InChI=1S/C3H11NO6P2/c1-11(5,6)10-3-12(7,8)9-2-4/h2-4H2,1H3,(H,5,6)(H,7,8)/p-2. The van der Waals surface area contributed by atoms with Crippen molar-refractivity contribution in [3.63, 3.8) is 0 Å². The second-order valence-corrected chi connectivity index (χ2v) is 5.48. The first-order valence-corrected chi connectivity index (χ1v) is 6.56. The highest BCUT2D eigenvalue weighted by Gasteiger charge is 2.10. The van der Waals surface area contributed by atoms with Crippen molar-refractivity contribution in [1.82, 2.24) is 0 Å². The molecule has 0 aromatic heterocycles. The normalized spacial score (nSPS) is 21.3. The van der Waals surface area contributed by atoms with Crippen LogP contribution in [0, 0.1) is 0 Å². The van der Waals surface area contributed by atoms with Gasteiger partial charge < -0.3 is 33.7 Å². The molecule has 0 bridgehead atoms. The lowest BCUT2D eigenvalue weighted by atomic mass is 11.4. The van der Waals surface area contributed by atoms with Gasteiger partial charge in [0, 0.05) is 6.66 Å².